The number of hydrogen-bond acceptors (Lipinski definition) is 8. The predicted molar refractivity (Wildman–Crippen MR) is 126 cm³/mol. The molecule has 3 rings (SSSR count). The molecule has 34 heavy (non-hydrogen) atoms. The van der Waals surface area contributed by atoms with E-state index in [1.54, 1.807) is 18.2 Å². The number of Topliss-reactive ketones (excluding diaryl/α,β-unsaturated/α-hetero) is 1. The minimum atomic E-state index is -4.86. The maximum atomic E-state index is 12.1. The number of carbonyl (C=O) groups is 1. The van der Waals surface area contributed by atoms with Gasteiger partial charge in [-0.15, -0.1) is 0 Å². The lowest BCUT2D eigenvalue weighted by Crippen LogP contribution is -2.12. The zero-order valence-electron chi connectivity index (χ0n) is 18.1. The molecule has 0 fully saturated rings. The van der Waals surface area contributed by atoms with Gasteiger partial charge in [0.2, 0.25) is 0 Å². The minimum Gasteiger partial charge on any atom is -0.388 e. The van der Waals surface area contributed by atoms with Crippen molar-refractivity contribution < 1.29 is 35.8 Å². The number of rotatable bonds is 8. The molecule has 3 aromatic rings. The van der Waals surface area contributed by atoms with Gasteiger partial charge in [0.05, 0.1) is 0 Å². The van der Waals surface area contributed by atoms with Crippen molar-refractivity contribution in [1.82, 2.24) is 0 Å². The summed E-state index contributed by atoms with van der Waals surface area (Å²) in [6.07, 6.45) is -1.33. The van der Waals surface area contributed by atoms with Crippen LogP contribution < -0.4 is 10.6 Å². The van der Waals surface area contributed by atoms with Gasteiger partial charge in [-0.3, -0.25) is 13.9 Å². The summed E-state index contributed by atoms with van der Waals surface area (Å²) < 4.78 is 67.7. The van der Waals surface area contributed by atoms with Crippen LogP contribution in [0, 0.1) is 0 Å². The van der Waals surface area contributed by atoms with E-state index >= 15 is 0 Å². The van der Waals surface area contributed by atoms with Gasteiger partial charge >= 0.3 is 0 Å². The van der Waals surface area contributed by atoms with Gasteiger partial charge in [0.15, 0.2) is 12.0 Å². The molecule has 10 nitrogen and oxygen atoms in total. The van der Waals surface area contributed by atoms with Crippen LogP contribution >= 0.6 is 0 Å². The molecule has 180 valence electrons. The Morgan fingerprint density at radius 2 is 1.35 bits per heavy atom. The van der Waals surface area contributed by atoms with Gasteiger partial charge in [-0.05, 0) is 37.3 Å². The molecule has 0 heterocycles. The van der Waals surface area contributed by atoms with E-state index in [1.165, 1.54) is 44.3 Å². The summed E-state index contributed by atoms with van der Waals surface area (Å²) in [7, 11) is -8.08. The van der Waals surface area contributed by atoms with Crippen LogP contribution in [0.5, 0.6) is 0 Å². The smallest absolute Gasteiger partial charge is 0.295 e. The van der Waals surface area contributed by atoms with Gasteiger partial charge < -0.3 is 15.7 Å². The van der Waals surface area contributed by atoms with Crippen molar-refractivity contribution in [3.63, 3.8) is 0 Å². The third kappa shape index (κ3) is 5.61. The standard InChI is InChI=1S/C22H22N2O8S2/c1-13(25)14-4-3-5-15(10-14)22(26)24-17-7-9-19(21(12-17)34(30,31)32)18-8-6-16(23-2)11-20(18)33(27,28)29/h3-12,22-24,26H,1-2H3,(H,27,28,29)(H,30,31,32). The number of anilines is 2. The van der Waals surface area contributed by atoms with Gasteiger partial charge in [-0.25, -0.2) is 0 Å². The van der Waals surface area contributed by atoms with E-state index in [2.05, 4.69) is 10.6 Å². The van der Waals surface area contributed by atoms with Crippen LogP contribution in [0.4, 0.5) is 11.4 Å². The van der Waals surface area contributed by atoms with Crippen molar-refractivity contribution in [2.45, 2.75) is 22.9 Å². The molecule has 0 saturated heterocycles. The highest BCUT2D eigenvalue weighted by molar-refractivity contribution is 7.86. The van der Waals surface area contributed by atoms with E-state index < -0.39 is 36.3 Å². The lowest BCUT2D eigenvalue weighted by atomic mass is 10.0. The topological polar surface area (TPSA) is 170 Å². The summed E-state index contributed by atoms with van der Waals surface area (Å²) in [6.45, 7) is 1.37. The van der Waals surface area contributed by atoms with Gasteiger partial charge in [0, 0.05) is 40.7 Å². The molecule has 3 aromatic carbocycles. The maximum Gasteiger partial charge on any atom is 0.295 e. The molecule has 0 saturated carbocycles. The monoisotopic (exact) mass is 506 g/mol. The van der Waals surface area contributed by atoms with Crippen molar-refractivity contribution in [3.8, 4) is 11.1 Å². The van der Waals surface area contributed by atoms with Crippen LogP contribution in [0.3, 0.4) is 0 Å². The van der Waals surface area contributed by atoms with Crippen LogP contribution in [-0.2, 0) is 20.2 Å². The maximum absolute atomic E-state index is 12.1. The first-order valence-electron chi connectivity index (χ1n) is 9.78. The number of carbonyl (C=O) groups excluding carboxylic acids is 1. The lowest BCUT2D eigenvalue weighted by molar-refractivity contribution is 0.101. The number of ketones is 1. The fraction of sp³-hybridized carbons (Fsp3) is 0.136. The highest BCUT2D eigenvalue weighted by Gasteiger charge is 2.24. The Balaban J connectivity index is 2.09. The second-order valence-electron chi connectivity index (χ2n) is 7.35. The third-order valence-electron chi connectivity index (χ3n) is 5.01. The highest BCUT2D eigenvalue weighted by atomic mass is 32.2. The Bertz CT molecular complexity index is 1470. The molecule has 1 atom stereocenters. The van der Waals surface area contributed by atoms with Gasteiger partial charge in [-0.2, -0.15) is 16.8 Å². The number of aliphatic hydroxyl groups is 1. The molecule has 0 aromatic heterocycles. The predicted octanol–water partition coefficient (Wildman–Crippen LogP) is 3.19. The summed E-state index contributed by atoms with van der Waals surface area (Å²) in [5.74, 6) is -0.203. The summed E-state index contributed by atoms with van der Waals surface area (Å²) in [5.41, 5.74) is 0.791. The molecule has 0 amide bonds. The van der Waals surface area contributed by atoms with E-state index in [1.807, 2.05) is 0 Å². The van der Waals surface area contributed by atoms with Crippen LogP contribution in [0.25, 0.3) is 11.1 Å². The molecule has 1 unspecified atom stereocenters. The van der Waals surface area contributed by atoms with E-state index in [0.717, 1.165) is 12.1 Å². The average Bonchev–Trinajstić information content (AvgIpc) is 2.77. The molecule has 5 N–H and O–H groups in total. The first-order valence-corrected chi connectivity index (χ1v) is 12.7. The van der Waals surface area contributed by atoms with Crippen molar-refractivity contribution in [2.24, 2.45) is 0 Å². The molecule has 0 aliphatic heterocycles. The Morgan fingerprint density at radius 3 is 1.85 bits per heavy atom. The van der Waals surface area contributed by atoms with Crippen LogP contribution in [0.2, 0.25) is 0 Å². The van der Waals surface area contributed by atoms with Crippen LogP contribution in [0.1, 0.15) is 29.1 Å². The Labute approximate surface area is 196 Å². The quantitative estimate of drug-likeness (QED) is 0.174. The van der Waals surface area contributed by atoms with E-state index in [4.69, 9.17) is 0 Å². The zero-order valence-corrected chi connectivity index (χ0v) is 19.7. The lowest BCUT2D eigenvalue weighted by Gasteiger charge is -2.18. The Hall–Kier alpha value is -3.29. The second-order valence-corrected chi connectivity index (χ2v) is 10.1. The second kappa shape index (κ2) is 9.52. The molecule has 0 aliphatic rings. The van der Waals surface area contributed by atoms with Gasteiger partial charge in [-0.1, -0.05) is 30.3 Å². The molecule has 12 heteroatoms. The zero-order chi connectivity index (χ0) is 25.3. The largest absolute Gasteiger partial charge is 0.388 e. The van der Waals surface area contributed by atoms with Crippen LogP contribution in [0.15, 0.2) is 70.5 Å². The third-order valence-corrected chi connectivity index (χ3v) is 6.80. The normalized spacial score (nSPS) is 12.7. The number of hydrogen-bond donors (Lipinski definition) is 5. The summed E-state index contributed by atoms with van der Waals surface area (Å²) in [6, 6.07) is 13.7. The number of benzene rings is 3. The first kappa shape index (κ1) is 25.3. The summed E-state index contributed by atoms with van der Waals surface area (Å²) in [4.78, 5) is 10.4. The Morgan fingerprint density at radius 1 is 0.824 bits per heavy atom. The highest BCUT2D eigenvalue weighted by Crippen LogP contribution is 2.36. The summed E-state index contributed by atoms with van der Waals surface area (Å²) >= 11 is 0. The molecule has 0 spiro atoms. The molecule has 0 bridgehead atoms. The molecular formula is C22H22N2O8S2. The molecular weight excluding hydrogens is 484 g/mol. The molecule has 0 aliphatic carbocycles. The van der Waals surface area contributed by atoms with Crippen molar-refractivity contribution in [2.75, 3.05) is 17.7 Å². The summed E-state index contributed by atoms with van der Waals surface area (Å²) in [5, 5.41) is 15.9. The Kier molecular flexibility index (Phi) is 7.10. The first-order chi connectivity index (χ1) is 15.8. The fourth-order valence-electron chi connectivity index (χ4n) is 3.33. The minimum absolute atomic E-state index is 0.0809. The van der Waals surface area contributed by atoms with E-state index in [0.29, 0.717) is 16.8 Å². The van der Waals surface area contributed by atoms with Crippen molar-refractivity contribution >= 4 is 37.4 Å². The van der Waals surface area contributed by atoms with E-state index in [9.17, 15) is 35.8 Å². The number of aliphatic hydroxyl groups excluding tert-OH is 1. The SMILES string of the molecule is CNc1ccc(-c2ccc(NC(O)c3cccc(C(C)=O)c3)cc2S(=O)(=O)O)c(S(=O)(=O)O)c1. The van der Waals surface area contributed by atoms with Gasteiger partial charge in [0.1, 0.15) is 9.79 Å². The van der Waals surface area contributed by atoms with Crippen molar-refractivity contribution in [1.29, 1.82) is 0 Å². The fourth-order valence-corrected chi connectivity index (χ4v) is 4.79. The number of nitrogens with one attached hydrogen (secondary N) is 2. The van der Waals surface area contributed by atoms with Gasteiger partial charge in [0.25, 0.3) is 20.2 Å². The molecule has 0 radical (unpaired) electrons. The average molecular weight is 507 g/mol. The van der Waals surface area contributed by atoms with E-state index in [-0.39, 0.29) is 22.6 Å². The van der Waals surface area contributed by atoms with Crippen LogP contribution in [-0.4, -0.2) is 43.9 Å². The van der Waals surface area contributed by atoms with Crippen molar-refractivity contribution in [3.05, 3.63) is 71.8 Å².